The Balaban J connectivity index is 1.73. The molecule has 192 valence electrons. The average molecular weight is 504 g/mol. The lowest BCUT2D eigenvalue weighted by Crippen LogP contribution is -2.29. The summed E-state index contributed by atoms with van der Waals surface area (Å²) in [6.45, 7) is 5.55. The number of hydrogen-bond acceptors (Lipinski definition) is 9. The molecule has 0 spiro atoms. The summed E-state index contributed by atoms with van der Waals surface area (Å²) in [5.74, 6) is 6.23. The van der Waals surface area contributed by atoms with Crippen molar-refractivity contribution in [2.24, 2.45) is 10.8 Å². The zero-order valence-electron chi connectivity index (χ0n) is 19.6. The van der Waals surface area contributed by atoms with E-state index in [0.717, 1.165) is 12.1 Å². The van der Waals surface area contributed by atoms with E-state index in [1.54, 1.807) is 12.1 Å². The quantitative estimate of drug-likeness (QED) is 0.142. The van der Waals surface area contributed by atoms with Crippen LogP contribution >= 0.6 is 0 Å². The summed E-state index contributed by atoms with van der Waals surface area (Å²) in [5, 5.41) is 14.9. The molecule has 3 rings (SSSR count). The number of rotatable bonds is 10. The predicted octanol–water partition coefficient (Wildman–Crippen LogP) is 3.38. The van der Waals surface area contributed by atoms with Crippen LogP contribution in [0.4, 0.5) is 30.4 Å². The highest BCUT2D eigenvalue weighted by molar-refractivity contribution is 5.87. The highest BCUT2D eigenvalue weighted by Crippen LogP contribution is 2.32. The lowest BCUT2D eigenvalue weighted by atomic mass is 10.1. The van der Waals surface area contributed by atoms with Gasteiger partial charge in [0.2, 0.25) is 5.88 Å². The maximum atomic E-state index is 13.4. The zero-order chi connectivity index (χ0) is 26.1. The third-order valence-electron chi connectivity index (χ3n) is 5.00. The molecule has 0 saturated heterocycles. The molecule has 0 unspecified atom stereocenters. The molecule has 0 aliphatic carbocycles. The first kappa shape index (κ1) is 26.7. The molecule has 0 saturated carbocycles. The Morgan fingerprint density at radius 3 is 2.44 bits per heavy atom. The van der Waals surface area contributed by atoms with Crippen LogP contribution in [0.3, 0.4) is 0 Å². The fraction of sp³-hybridized carbons (Fsp3) is 0.261. The second-order valence-electron chi connectivity index (χ2n) is 7.53. The van der Waals surface area contributed by atoms with Gasteiger partial charge in [-0.25, -0.2) is 15.0 Å². The summed E-state index contributed by atoms with van der Waals surface area (Å²) in [6.07, 6.45) is -3.27. The molecular formula is C23H26F3N8O2-. The van der Waals surface area contributed by atoms with Crippen LogP contribution < -0.4 is 32.0 Å². The molecule has 0 bridgehead atoms. The average Bonchev–Trinajstić information content (AvgIpc) is 2.83. The topological polar surface area (TPSA) is 136 Å². The number of aromatic nitrogens is 2. The number of nitrogens with two attached hydrogens (primary N) is 1. The Bertz CT molecular complexity index is 1170. The van der Waals surface area contributed by atoms with Crippen molar-refractivity contribution in [3.8, 4) is 11.6 Å². The van der Waals surface area contributed by atoms with Crippen molar-refractivity contribution in [2.75, 3.05) is 23.8 Å². The Labute approximate surface area is 206 Å². The van der Waals surface area contributed by atoms with Crippen LogP contribution in [0.5, 0.6) is 11.6 Å². The van der Waals surface area contributed by atoms with Crippen molar-refractivity contribution in [1.82, 2.24) is 20.4 Å². The number of aliphatic imine (C=N–C) groups is 1. The SMILES string of the molecule is CCN(CC)Cc1cc(NC([O-])=Nc2ccc(Oc3cc(NNN)ncn3)cc2)cc(C(F)(F)F)c1. The molecule has 0 aliphatic rings. The molecule has 3 aromatic rings. The molecule has 1 heterocycles. The van der Waals surface area contributed by atoms with Crippen molar-refractivity contribution >= 4 is 23.2 Å². The summed E-state index contributed by atoms with van der Waals surface area (Å²) < 4.78 is 45.8. The van der Waals surface area contributed by atoms with Gasteiger partial charge in [0.05, 0.1) is 17.3 Å². The minimum Gasteiger partial charge on any atom is -0.846 e. The Kier molecular flexibility index (Phi) is 9.00. The van der Waals surface area contributed by atoms with E-state index in [1.807, 2.05) is 18.7 Å². The fourth-order valence-electron chi connectivity index (χ4n) is 3.24. The number of nitrogens with one attached hydrogen (secondary N) is 3. The van der Waals surface area contributed by atoms with E-state index < -0.39 is 17.8 Å². The number of nitrogens with zero attached hydrogens (tertiary/aromatic N) is 4. The van der Waals surface area contributed by atoms with Crippen LogP contribution in [0.1, 0.15) is 25.0 Å². The molecule has 0 fully saturated rings. The van der Waals surface area contributed by atoms with Gasteiger partial charge in [-0.3, -0.25) is 16.2 Å². The minimum atomic E-state index is -4.55. The molecule has 0 atom stereocenters. The first-order chi connectivity index (χ1) is 17.2. The number of halogens is 3. The van der Waals surface area contributed by atoms with Gasteiger partial charge in [0, 0.05) is 18.3 Å². The van der Waals surface area contributed by atoms with Crippen molar-refractivity contribution in [2.45, 2.75) is 26.6 Å². The maximum Gasteiger partial charge on any atom is 0.416 e. The van der Waals surface area contributed by atoms with E-state index >= 15 is 0 Å². The number of hydrogen-bond donors (Lipinski definition) is 4. The number of ether oxygens (including phenoxy) is 1. The monoisotopic (exact) mass is 503 g/mol. The van der Waals surface area contributed by atoms with Gasteiger partial charge in [0.25, 0.3) is 0 Å². The molecule has 5 N–H and O–H groups in total. The van der Waals surface area contributed by atoms with Crippen molar-refractivity contribution < 1.29 is 23.0 Å². The van der Waals surface area contributed by atoms with E-state index in [9.17, 15) is 18.3 Å². The summed E-state index contributed by atoms with van der Waals surface area (Å²) in [4.78, 5) is 13.8. The molecule has 13 heteroatoms. The van der Waals surface area contributed by atoms with Gasteiger partial charge in [0.15, 0.2) is 0 Å². The maximum absolute atomic E-state index is 13.4. The lowest BCUT2D eigenvalue weighted by molar-refractivity contribution is -0.214. The van der Waals surface area contributed by atoms with E-state index in [0.29, 0.717) is 36.8 Å². The van der Waals surface area contributed by atoms with Gasteiger partial charge in [0.1, 0.15) is 17.9 Å². The molecule has 0 radical (unpaired) electrons. The van der Waals surface area contributed by atoms with Crippen LogP contribution in [-0.2, 0) is 12.7 Å². The van der Waals surface area contributed by atoms with Crippen LogP contribution in [0.15, 0.2) is 59.9 Å². The Morgan fingerprint density at radius 1 is 1.08 bits per heavy atom. The third-order valence-corrected chi connectivity index (χ3v) is 5.00. The van der Waals surface area contributed by atoms with Crippen molar-refractivity contribution in [3.63, 3.8) is 0 Å². The predicted molar refractivity (Wildman–Crippen MR) is 128 cm³/mol. The normalized spacial score (nSPS) is 12.0. The Morgan fingerprint density at radius 2 is 1.81 bits per heavy atom. The summed E-state index contributed by atoms with van der Waals surface area (Å²) >= 11 is 0. The van der Waals surface area contributed by atoms with Crippen molar-refractivity contribution in [1.29, 1.82) is 0 Å². The van der Waals surface area contributed by atoms with E-state index in [2.05, 4.69) is 31.2 Å². The molecule has 0 amide bonds. The van der Waals surface area contributed by atoms with Gasteiger partial charge in [-0.2, -0.15) is 18.7 Å². The van der Waals surface area contributed by atoms with Crippen LogP contribution in [0, 0.1) is 0 Å². The molecule has 10 nitrogen and oxygen atoms in total. The second kappa shape index (κ2) is 12.2. The van der Waals surface area contributed by atoms with E-state index in [1.165, 1.54) is 30.6 Å². The number of anilines is 2. The number of hydrazine groups is 2. The van der Waals surface area contributed by atoms with E-state index in [4.69, 9.17) is 10.6 Å². The Hall–Kier alpha value is -3.94. The summed E-state index contributed by atoms with van der Waals surface area (Å²) in [7, 11) is 0. The van der Waals surface area contributed by atoms with Crippen LogP contribution in [0.25, 0.3) is 0 Å². The fourth-order valence-corrected chi connectivity index (χ4v) is 3.24. The molecule has 2 aromatic carbocycles. The number of amidine groups is 1. The largest absolute Gasteiger partial charge is 0.846 e. The summed E-state index contributed by atoms with van der Waals surface area (Å²) in [5.41, 5.74) is 4.73. The zero-order valence-corrected chi connectivity index (χ0v) is 19.6. The lowest BCUT2D eigenvalue weighted by Gasteiger charge is -2.21. The van der Waals surface area contributed by atoms with Gasteiger partial charge in [-0.1, -0.05) is 13.8 Å². The standard InChI is InChI=1S/C23H27F3N8O2/c1-3-34(4-2)13-15-9-16(23(24,25)26)11-18(10-15)31-22(35)30-17-5-7-19(8-6-17)36-21-12-20(32-33-27)28-14-29-21/h5-12,14,33H,3-4,13,27H2,1-2H3,(H,28,29,32)(H2,30,31,35)/p-1. The highest BCUT2D eigenvalue weighted by Gasteiger charge is 2.31. The third kappa shape index (κ3) is 7.80. The second-order valence-corrected chi connectivity index (χ2v) is 7.53. The molecular weight excluding hydrogens is 477 g/mol. The minimum absolute atomic E-state index is 0.0147. The molecule has 1 aromatic heterocycles. The summed E-state index contributed by atoms with van der Waals surface area (Å²) in [6, 6.07) is 10.4. The first-order valence-corrected chi connectivity index (χ1v) is 11.0. The van der Waals surface area contributed by atoms with Crippen molar-refractivity contribution in [3.05, 3.63) is 66.0 Å². The highest BCUT2D eigenvalue weighted by atomic mass is 19.4. The first-order valence-electron chi connectivity index (χ1n) is 11.0. The molecule has 0 aliphatic heterocycles. The molecule has 36 heavy (non-hydrogen) atoms. The van der Waals surface area contributed by atoms with Gasteiger partial charge in [-0.15, -0.1) is 0 Å². The number of alkyl halides is 3. The smallest absolute Gasteiger partial charge is 0.416 e. The van der Waals surface area contributed by atoms with Gasteiger partial charge >= 0.3 is 6.18 Å². The number of benzene rings is 2. The van der Waals surface area contributed by atoms with Crippen LogP contribution in [-0.4, -0.2) is 34.0 Å². The van der Waals surface area contributed by atoms with Gasteiger partial charge < -0.3 is 15.2 Å². The van der Waals surface area contributed by atoms with E-state index in [-0.39, 0.29) is 17.3 Å². The van der Waals surface area contributed by atoms with Gasteiger partial charge in [-0.05, 0) is 61.1 Å². The van der Waals surface area contributed by atoms with Crippen LogP contribution in [0.2, 0.25) is 0 Å².